The molecule has 0 unspecified atom stereocenters. The van der Waals surface area contributed by atoms with Gasteiger partial charge in [-0.1, -0.05) is 52.3 Å². The zero-order valence-corrected chi connectivity index (χ0v) is 14.7. The summed E-state index contributed by atoms with van der Waals surface area (Å²) < 4.78 is 6.36. The van der Waals surface area contributed by atoms with Crippen LogP contribution in [-0.2, 0) is 10.3 Å². The SMILES string of the molecule is C[C@@]1(c2ccccc2Br)NC(=O)N(CCOc2ccccc2)C1=O. The molecule has 1 aliphatic rings. The van der Waals surface area contributed by atoms with E-state index in [4.69, 9.17) is 4.74 Å². The van der Waals surface area contributed by atoms with Gasteiger partial charge in [-0.05, 0) is 25.1 Å². The van der Waals surface area contributed by atoms with Crippen molar-refractivity contribution in [2.45, 2.75) is 12.5 Å². The van der Waals surface area contributed by atoms with E-state index in [1.54, 1.807) is 6.92 Å². The number of nitrogens with zero attached hydrogens (tertiary/aromatic N) is 1. The lowest BCUT2D eigenvalue weighted by Gasteiger charge is -2.23. The van der Waals surface area contributed by atoms with Crippen LogP contribution in [0.5, 0.6) is 5.75 Å². The van der Waals surface area contributed by atoms with Crippen LogP contribution in [-0.4, -0.2) is 30.0 Å². The van der Waals surface area contributed by atoms with E-state index in [0.717, 1.165) is 10.0 Å². The number of hydrogen-bond donors (Lipinski definition) is 1. The molecule has 0 spiro atoms. The van der Waals surface area contributed by atoms with Gasteiger partial charge in [-0.3, -0.25) is 9.69 Å². The second-order valence-corrected chi connectivity index (χ2v) is 6.51. The van der Waals surface area contributed by atoms with E-state index in [9.17, 15) is 9.59 Å². The number of carbonyl (C=O) groups excluding carboxylic acids is 2. The van der Waals surface area contributed by atoms with E-state index in [2.05, 4.69) is 21.2 Å². The first-order chi connectivity index (χ1) is 11.5. The number of hydrogen-bond acceptors (Lipinski definition) is 3. The lowest BCUT2D eigenvalue weighted by atomic mass is 9.92. The molecule has 1 atom stereocenters. The molecule has 3 amide bonds. The van der Waals surface area contributed by atoms with Crippen LogP contribution < -0.4 is 10.1 Å². The molecule has 1 fully saturated rings. The van der Waals surface area contributed by atoms with Gasteiger partial charge < -0.3 is 10.1 Å². The number of amides is 3. The van der Waals surface area contributed by atoms with Gasteiger partial charge in [0.15, 0.2) is 0 Å². The van der Waals surface area contributed by atoms with Crippen molar-refractivity contribution in [1.82, 2.24) is 10.2 Å². The standard InChI is InChI=1S/C18H17BrN2O3/c1-18(14-9-5-6-10-15(14)19)16(22)21(17(23)20-18)11-12-24-13-7-3-2-4-8-13/h2-10H,11-12H2,1H3,(H,20,23)/t18-/m0/s1. The minimum atomic E-state index is -1.08. The third kappa shape index (κ3) is 3.01. The molecular formula is C18H17BrN2O3. The van der Waals surface area contributed by atoms with E-state index in [0.29, 0.717) is 5.75 Å². The van der Waals surface area contributed by atoms with Gasteiger partial charge in [0.2, 0.25) is 0 Å². The van der Waals surface area contributed by atoms with Gasteiger partial charge in [-0.15, -0.1) is 0 Å². The third-order valence-corrected chi connectivity index (χ3v) is 4.71. The Morgan fingerprint density at radius 1 is 1.08 bits per heavy atom. The number of rotatable bonds is 5. The maximum atomic E-state index is 12.8. The molecular weight excluding hydrogens is 372 g/mol. The maximum absolute atomic E-state index is 12.8. The number of benzene rings is 2. The monoisotopic (exact) mass is 388 g/mol. The fourth-order valence-corrected chi connectivity index (χ4v) is 3.40. The number of imide groups is 1. The maximum Gasteiger partial charge on any atom is 0.325 e. The molecule has 0 bridgehead atoms. The highest BCUT2D eigenvalue weighted by Crippen LogP contribution is 2.33. The molecule has 0 saturated carbocycles. The number of carbonyl (C=O) groups is 2. The summed E-state index contributed by atoms with van der Waals surface area (Å²) in [7, 11) is 0. The van der Waals surface area contributed by atoms with Gasteiger partial charge in [0.25, 0.3) is 5.91 Å². The Balaban J connectivity index is 1.71. The minimum Gasteiger partial charge on any atom is -0.492 e. The molecule has 5 nitrogen and oxygen atoms in total. The van der Waals surface area contributed by atoms with Crippen LogP contribution in [0.2, 0.25) is 0 Å². The van der Waals surface area contributed by atoms with Gasteiger partial charge in [0.1, 0.15) is 17.9 Å². The van der Waals surface area contributed by atoms with Crippen LogP contribution in [0.15, 0.2) is 59.1 Å². The van der Waals surface area contributed by atoms with Crippen molar-refractivity contribution in [3.8, 4) is 5.75 Å². The third-order valence-electron chi connectivity index (χ3n) is 4.01. The molecule has 1 saturated heterocycles. The molecule has 124 valence electrons. The molecule has 0 aliphatic carbocycles. The van der Waals surface area contributed by atoms with E-state index in [1.165, 1.54) is 4.90 Å². The normalized spacial score (nSPS) is 20.2. The Labute approximate surface area is 148 Å². The lowest BCUT2D eigenvalue weighted by molar-refractivity contribution is -0.131. The summed E-state index contributed by atoms with van der Waals surface area (Å²) in [5, 5.41) is 2.79. The van der Waals surface area contributed by atoms with Crippen LogP contribution in [0.25, 0.3) is 0 Å². The summed E-state index contributed by atoms with van der Waals surface area (Å²) >= 11 is 3.45. The molecule has 3 rings (SSSR count). The Bertz CT molecular complexity index is 766. The first kappa shape index (κ1) is 16.5. The summed E-state index contributed by atoms with van der Waals surface area (Å²) in [6, 6.07) is 16.3. The Morgan fingerprint density at radius 2 is 1.75 bits per heavy atom. The van der Waals surface area contributed by atoms with Crippen LogP contribution in [0, 0.1) is 0 Å². The molecule has 6 heteroatoms. The molecule has 1 heterocycles. The molecule has 2 aromatic carbocycles. The van der Waals surface area contributed by atoms with Crippen molar-refractivity contribution in [2.75, 3.05) is 13.2 Å². The van der Waals surface area contributed by atoms with Crippen molar-refractivity contribution in [1.29, 1.82) is 0 Å². The van der Waals surface area contributed by atoms with E-state index < -0.39 is 11.6 Å². The first-order valence-corrected chi connectivity index (χ1v) is 8.38. The summed E-state index contributed by atoms with van der Waals surface area (Å²) in [6.07, 6.45) is 0. The summed E-state index contributed by atoms with van der Waals surface area (Å²) in [6.45, 7) is 2.15. The second kappa shape index (κ2) is 6.65. The molecule has 1 N–H and O–H groups in total. The number of para-hydroxylation sites is 1. The largest absolute Gasteiger partial charge is 0.492 e. The van der Waals surface area contributed by atoms with Crippen molar-refractivity contribution < 1.29 is 14.3 Å². The van der Waals surface area contributed by atoms with Crippen LogP contribution in [0.4, 0.5) is 4.79 Å². The highest BCUT2D eigenvalue weighted by molar-refractivity contribution is 9.10. The summed E-state index contributed by atoms with van der Waals surface area (Å²) in [5.74, 6) is 0.425. The van der Waals surface area contributed by atoms with Crippen molar-refractivity contribution in [3.05, 3.63) is 64.6 Å². The first-order valence-electron chi connectivity index (χ1n) is 7.59. The molecule has 2 aromatic rings. The van der Waals surface area contributed by atoms with E-state index in [1.807, 2.05) is 54.6 Å². The van der Waals surface area contributed by atoms with Crippen molar-refractivity contribution >= 4 is 27.9 Å². The highest BCUT2D eigenvalue weighted by Gasteiger charge is 2.49. The Kier molecular flexibility index (Phi) is 4.57. The summed E-state index contributed by atoms with van der Waals surface area (Å²) in [5.41, 5.74) is -0.348. The smallest absolute Gasteiger partial charge is 0.325 e. The predicted molar refractivity (Wildman–Crippen MR) is 93.7 cm³/mol. The van der Waals surface area contributed by atoms with Gasteiger partial charge in [0.05, 0.1) is 6.54 Å². The number of halogens is 1. The van der Waals surface area contributed by atoms with Crippen molar-refractivity contribution in [3.63, 3.8) is 0 Å². The average molecular weight is 389 g/mol. The van der Waals surface area contributed by atoms with Crippen LogP contribution in [0.1, 0.15) is 12.5 Å². The number of nitrogens with one attached hydrogen (secondary N) is 1. The van der Waals surface area contributed by atoms with Crippen LogP contribution in [0.3, 0.4) is 0 Å². The Hall–Kier alpha value is -2.34. The molecule has 0 aromatic heterocycles. The van der Waals surface area contributed by atoms with Gasteiger partial charge in [-0.2, -0.15) is 0 Å². The fourth-order valence-electron chi connectivity index (χ4n) is 2.72. The second-order valence-electron chi connectivity index (χ2n) is 5.65. The fraction of sp³-hybridized carbons (Fsp3) is 0.222. The number of urea groups is 1. The number of ether oxygens (including phenoxy) is 1. The molecule has 24 heavy (non-hydrogen) atoms. The lowest BCUT2D eigenvalue weighted by Crippen LogP contribution is -2.41. The topological polar surface area (TPSA) is 58.6 Å². The molecule has 1 aliphatic heterocycles. The average Bonchev–Trinajstić information content (AvgIpc) is 2.80. The predicted octanol–water partition coefficient (Wildman–Crippen LogP) is 3.30. The van der Waals surface area contributed by atoms with Gasteiger partial charge in [-0.25, -0.2) is 4.79 Å². The van der Waals surface area contributed by atoms with Crippen molar-refractivity contribution in [2.24, 2.45) is 0 Å². The zero-order valence-electron chi connectivity index (χ0n) is 13.2. The summed E-state index contributed by atoms with van der Waals surface area (Å²) in [4.78, 5) is 26.2. The van der Waals surface area contributed by atoms with Gasteiger partial charge >= 0.3 is 6.03 Å². The van der Waals surface area contributed by atoms with E-state index >= 15 is 0 Å². The Morgan fingerprint density at radius 3 is 2.46 bits per heavy atom. The zero-order chi connectivity index (χ0) is 17.2. The van der Waals surface area contributed by atoms with Crippen LogP contribution >= 0.6 is 15.9 Å². The minimum absolute atomic E-state index is 0.194. The van der Waals surface area contributed by atoms with Gasteiger partial charge in [0, 0.05) is 10.0 Å². The molecule has 0 radical (unpaired) electrons. The quantitative estimate of drug-likeness (QED) is 0.799. The van der Waals surface area contributed by atoms with E-state index in [-0.39, 0.29) is 19.1 Å². The highest BCUT2D eigenvalue weighted by atomic mass is 79.9.